The quantitative estimate of drug-likeness (QED) is 0.655. The van der Waals surface area contributed by atoms with Gasteiger partial charge in [0.05, 0.1) is 0 Å². The van der Waals surface area contributed by atoms with Gasteiger partial charge in [0.25, 0.3) is 0 Å². The molecular formula is C14H22N4O2S. The molecule has 1 aromatic heterocycles. The Balaban J connectivity index is 1.88. The van der Waals surface area contributed by atoms with Gasteiger partial charge < -0.3 is 5.43 Å². The Kier molecular flexibility index (Phi) is 4.14. The highest BCUT2D eigenvalue weighted by Gasteiger charge is 2.39. The van der Waals surface area contributed by atoms with Crippen molar-refractivity contribution in [1.82, 2.24) is 9.29 Å². The zero-order valence-corrected chi connectivity index (χ0v) is 12.8. The van der Waals surface area contributed by atoms with Crippen molar-refractivity contribution in [3.63, 3.8) is 0 Å². The molecule has 2 fully saturated rings. The highest BCUT2D eigenvalue weighted by atomic mass is 32.2. The smallest absolute Gasteiger partial charge is 0.244 e. The number of nitrogens with two attached hydrogens (primary N) is 1. The molecule has 0 spiro atoms. The number of hydrogen-bond acceptors (Lipinski definition) is 5. The van der Waals surface area contributed by atoms with Crippen LogP contribution in [0, 0.1) is 5.92 Å². The maximum Gasteiger partial charge on any atom is 0.244 e. The zero-order valence-electron chi connectivity index (χ0n) is 12.0. The maximum atomic E-state index is 12.9. The highest BCUT2D eigenvalue weighted by Crippen LogP contribution is 2.37. The van der Waals surface area contributed by atoms with E-state index >= 15 is 0 Å². The van der Waals surface area contributed by atoms with Crippen LogP contribution in [0.3, 0.4) is 0 Å². The Bertz CT molecular complexity index is 585. The molecule has 1 saturated heterocycles. The molecule has 2 aliphatic rings. The van der Waals surface area contributed by atoms with Crippen LogP contribution < -0.4 is 11.3 Å². The van der Waals surface area contributed by atoms with Crippen molar-refractivity contribution in [3.8, 4) is 0 Å². The summed E-state index contributed by atoms with van der Waals surface area (Å²) in [7, 11) is -3.46. The fourth-order valence-corrected chi connectivity index (χ4v) is 5.33. The number of nitrogens with zero attached hydrogens (tertiary/aromatic N) is 2. The van der Waals surface area contributed by atoms with E-state index in [9.17, 15) is 8.42 Å². The number of hydrogen-bond donors (Lipinski definition) is 2. The molecule has 0 unspecified atom stereocenters. The van der Waals surface area contributed by atoms with Crippen LogP contribution in [0.5, 0.6) is 0 Å². The second-order valence-corrected chi connectivity index (χ2v) is 7.78. The summed E-state index contributed by atoms with van der Waals surface area (Å²) >= 11 is 0. The predicted octanol–water partition coefficient (Wildman–Crippen LogP) is 1.71. The van der Waals surface area contributed by atoms with Gasteiger partial charge in [-0.3, -0.25) is 0 Å². The van der Waals surface area contributed by atoms with Crippen LogP contribution in [0.4, 0.5) is 5.82 Å². The third kappa shape index (κ3) is 2.77. The molecule has 7 heteroatoms. The third-order valence-electron chi connectivity index (χ3n) is 4.68. The number of aromatic nitrogens is 1. The SMILES string of the molecule is NNc1ccc(S(=O)(=O)N2CCC[C@H]3CCCC[C@H]32)cn1. The average Bonchev–Trinajstić information content (AvgIpc) is 2.54. The average molecular weight is 310 g/mol. The lowest BCUT2D eigenvalue weighted by Crippen LogP contribution is -2.49. The number of anilines is 1. The van der Waals surface area contributed by atoms with Crippen LogP contribution in [0.25, 0.3) is 0 Å². The first kappa shape index (κ1) is 14.7. The van der Waals surface area contributed by atoms with E-state index in [0.717, 1.165) is 32.1 Å². The Hall–Kier alpha value is -1.18. The lowest BCUT2D eigenvalue weighted by atomic mass is 9.79. The summed E-state index contributed by atoms with van der Waals surface area (Å²) in [6.07, 6.45) is 8.00. The first-order valence-corrected chi connectivity index (χ1v) is 9.01. The number of nitrogens with one attached hydrogen (secondary N) is 1. The third-order valence-corrected chi connectivity index (χ3v) is 6.59. The zero-order chi connectivity index (χ0) is 14.9. The van der Waals surface area contributed by atoms with E-state index in [1.165, 1.54) is 12.6 Å². The van der Waals surface area contributed by atoms with Crippen LogP contribution in [0.2, 0.25) is 0 Å². The van der Waals surface area contributed by atoms with Gasteiger partial charge in [0.1, 0.15) is 10.7 Å². The molecule has 1 aliphatic carbocycles. The molecule has 0 radical (unpaired) electrons. The first-order valence-electron chi connectivity index (χ1n) is 7.57. The minimum Gasteiger partial charge on any atom is -0.308 e. The maximum absolute atomic E-state index is 12.9. The Morgan fingerprint density at radius 3 is 2.67 bits per heavy atom. The molecule has 3 rings (SSSR count). The summed E-state index contributed by atoms with van der Waals surface area (Å²) < 4.78 is 27.5. The largest absolute Gasteiger partial charge is 0.308 e. The van der Waals surface area contributed by atoms with E-state index in [2.05, 4.69) is 10.4 Å². The van der Waals surface area contributed by atoms with Crippen LogP contribution in [-0.4, -0.2) is 30.3 Å². The van der Waals surface area contributed by atoms with Crippen molar-refractivity contribution in [2.45, 2.75) is 49.5 Å². The van der Waals surface area contributed by atoms with E-state index in [0.29, 0.717) is 18.3 Å². The number of sulfonamides is 1. The van der Waals surface area contributed by atoms with Gasteiger partial charge in [0.2, 0.25) is 10.0 Å². The fraction of sp³-hybridized carbons (Fsp3) is 0.643. The summed E-state index contributed by atoms with van der Waals surface area (Å²) in [5.74, 6) is 6.26. The number of piperidine rings is 1. The molecule has 0 amide bonds. The molecule has 1 aromatic rings. The summed E-state index contributed by atoms with van der Waals surface area (Å²) in [6, 6.07) is 3.34. The summed E-state index contributed by atoms with van der Waals surface area (Å²) in [5, 5.41) is 0. The van der Waals surface area contributed by atoms with Crippen molar-refractivity contribution < 1.29 is 8.42 Å². The summed E-state index contributed by atoms with van der Waals surface area (Å²) in [6.45, 7) is 0.625. The molecule has 1 aliphatic heterocycles. The van der Waals surface area contributed by atoms with Crippen molar-refractivity contribution in [1.29, 1.82) is 0 Å². The van der Waals surface area contributed by atoms with Gasteiger partial charge in [-0.1, -0.05) is 12.8 Å². The minimum atomic E-state index is -3.46. The van der Waals surface area contributed by atoms with Gasteiger partial charge in [-0.25, -0.2) is 19.2 Å². The first-order chi connectivity index (χ1) is 10.1. The summed E-state index contributed by atoms with van der Waals surface area (Å²) in [5.41, 5.74) is 2.41. The fourth-order valence-electron chi connectivity index (χ4n) is 3.63. The lowest BCUT2D eigenvalue weighted by Gasteiger charge is -2.43. The predicted molar refractivity (Wildman–Crippen MR) is 80.9 cm³/mol. The molecule has 2 heterocycles. The van der Waals surface area contributed by atoms with Gasteiger partial charge in [-0.05, 0) is 43.7 Å². The second-order valence-electron chi connectivity index (χ2n) is 5.89. The highest BCUT2D eigenvalue weighted by molar-refractivity contribution is 7.89. The van der Waals surface area contributed by atoms with Crippen LogP contribution in [0.1, 0.15) is 38.5 Å². The van der Waals surface area contributed by atoms with Crippen molar-refractivity contribution >= 4 is 15.8 Å². The Labute approximate surface area is 125 Å². The number of pyridine rings is 1. The van der Waals surface area contributed by atoms with Crippen molar-refractivity contribution in [3.05, 3.63) is 18.3 Å². The molecule has 0 aromatic carbocycles. The van der Waals surface area contributed by atoms with Crippen molar-refractivity contribution in [2.24, 2.45) is 11.8 Å². The summed E-state index contributed by atoms with van der Waals surface area (Å²) in [4.78, 5) is 4.28. The molecule has 2 atom stereocenters. The van der Waals surface area contributed by atoms with Crippen LogP contribution >= 0.6 is 0 Å². The van der Waals surface area contributed by atoms with E-state index < -0.39 is 10.0 Å². The van der Waals surface area contributed by atoms with Gasteiger partial charge in [0.15, 0.2) is 0 Å². The molecule has 1 saturated carbocycles. The second kappa shape index (κ2) is 5.90. The minimum absolute atomic E-state index is 0.171. The standard InChI is InChI=1S/C14H22N4O2S/c15-17-14-8-7-12(10-16-14)21(19,20)18-9-3-5-11-4-1-2-6-13(11)18/h7-8,10-11,13H,1-6,9,15H2,(H,16,17)/t11-,13-/m1/s1. The molecular weight excluding hydrogens is 288 g/mol. The molecule has 0 bridgehead atoms. The van der Waals surface area contributed by atoms with E-state index in [4.69, 9.17) is 5.84 Å². The van der Waals surface area contributed by atoms with E-state index in [-0.39, 0.29) is 10.9 Å². The number of nitrogen functional groups attached to an aromatic ring is 1. The Morgan fingerprint density at radius 2 is 1.95 bits per heavy atom. The molecule has 116 valence electrons. The van der Waals surface area contributed by atoms with Gasteiger partial charge in [-0.15, -0.1) is 0 Å². The number of hydrazine groups is 1. The molecule has 3 N–H and O–H groups in total. The van der Waals surface area contributed by atoms with E-state index in [1.54, 1.807) is 16.4 Å². The lowest BCUT2D eigenvalue weighted by molar-refractivity contribution is 0.129. The van der Waals surface area contributed by atoms with Crippen LogP contribution in [-0.2, 0) is 10.0 Å². The topological polar surface area (TPSA) is 88.3 Å². The van der Waals surface area contributed by atoms with E-state index in [1.807, 2.05) is 0 Å². The van der Waals surface area contributed by atoms with Gasteiger partial charge in [0, 0.05) is 18.8 Å². The number of fused-ring (bicyclic) bond motifs is 1. The normalized spacial score (nSPS) is 27.1. The van der Waals surface area contributed by atoms with Gasteiger partial charge in [-0.2, -0.15) is 4.31 Å². The molecule has 21 heavy (non-hydrogen) atoms. The monoisotopic (exact) mass is 310 g/mol. The van der Waals surface area contributed by atoms with Crippen LogP contribution in [0.15, 0.2) is 23.2 Å². The number of rotatable bonds is 3. The van der Waals surface area contributed by atoms with Gasteiger partial charge >= 0.3 is 0 Å². The van der Waals surface area contributed by atoms with Crippen molar-refractivity contribution in [2.75, 3.05) is 12.0 Å². The molecule has 6 nitrogen and oxygen atoms in total. The Morgan fingerprint density at radius 1 is 1.19 bits per heavy atom.